The molecule has 2 aromatic carbocycles. The van der Waals surface area contributed by atoms with Crippen molar-refractivity contribution in [2.24, 2.45) is 0 Å². The van der Waals surface area contributed by atoms with Crippen LogP contribution in [0.5, 0.6) is 0 Å². The number of benzene rings is 2. The summed E-state index contributed by atoms with van der Waals surface area (Å²) in [6.07, 6.45) is -0.251. The maximum Gasteiger partial charge on any atom is 0.411 e. The van der Waals surface area contributed by atoms with E-state index in [4.69, 9.17) is 4.74 Å². The Labute approximate surface area is 164 Å². The molecule has 144 valence electrons. The summed E-state index contributed by atoms with van der Waals surface area (Å²) < 4.78 is 34.2. The SMILES string of the molecule is C[C@@H](c1ccc(Br)cc1)N1CCC(CCO)(c2ccc(F)cc2F)OC1=O. The third kappa shape index (κ3) is 3.99. The topological polar surface area (TPSA) is 49.8 Å². The molecule has 4 nitrogen and oxygen atoms in total. The number of amides is 1. The predicted molar refractivity (Wildman–Crippen MR) is 100 cm³/mol. The summed E-state index contributed by atoms with van der Waals surface area (Å²) in [4.78, 5) is 14.3. The molecule has 0 aromatic heterocycles. The van der Waals surface area contributed by atoms with Crippen molar-refractivity contribution >= 4 is 22.0 Å². The molecule has 7 heteroatoms. The van der Waals surface area contributed by atoms with Crippen LogP contribution < -0.4 is 0 Å². The summed E-state index contributed by atoms with van der Waals surface area (Å²) in [5, 5.41) is 9.45. The molecule has 1 N–H and O–H groups in total. The van der Waals surface area contributed by atoms with Crippen LogP contribution >= 0.6 is 15.9 Å². The van der Waals surface area contributed by atoms with Crippen molar-refractivity contribution in [2.75, 3.05) is 13.2 Å². The molecule has 1 heterocycles. The van der Waals surface area contributed by atoms with Crippen molar-refractivity contribution in [1.82, 2.24) is 4.90 Å². The second kappa shape index (κ2) is 7.94. The Morgan fingerprint density at radius 1 is 1.26 bits per heavy atom. The molecule has 0 aliphatic carbocycles. The standard InChI is InChI=1S/C20H20BrF2NO3/c1-13(14-2-4-15(21)5-3-14)24-10-8-20(9-11-25,27-19(24)26)17-7-6-16(22)12-18(17)23/h2-7,12-13,25H,8-11H2,1H3/t13-,20?/m0/s1. The fourth-order valence-electron chi connectivity index (χ4n) is 3.48. The third-order valence-corrected chi connectivity index (χ3v) is 5.56. The summed E-state index contributed by atoms with van der Waals surface area (Å²) in [5.41, 5.74) is -0.278. The minimum Gasteiger partial charge on any atom is -0.438 e. The van der Waals surface area contributed by atoms with Gasteiger partial charge >= 0.3 is 6.09 Å². The number of aliphatic hydroxyl groups excluding tert-OH is 1. The average molecular weight is 440 g/mol. The Morgan fingerprint density at radius 2 is 1.96 bits per heavy atom. The molecule has 1 amide bonds. The lowest BCUT2D eigenvalue weighted by Crippen LogP contribution is -2.49. The van der Waals surface area contributed by atoms with Gasteiger partial charge in [-0.15, -0.1) is 0 Å². The fraction of sp³-hybridized carbons (Fsp3) is 0.350. The van der Waals surface area contributed by atoms with Crippen molar-refractivity contribution in [3.05, 3.63) is 69.7 Å². The number of carbonyl (C=O) groups is 1. The van der Waals surface area contributed by atoms with Crippen LogP contribution in [0.15, 0.2) is 46.9 Å². The number of cyclic esters (lactones) is 1. The number of halogens is 3. The van der Waals surface area contributed by atoms with E-state index in [0.717, 1.165) is 22.2 Å². The molecular weight excluding hydrogens is 420 g/mol. The Kier molecular flexibility index (Phi) is 5.81. The van der Waals surface area contributed by atoms with Gasteiger partial charge in [-0.2, -0.15) is 0 Å². The summed E-state index contributed by atoms with van der Waals surface area (Å²) in [5.74, 6) is -1.49. The van der Waals surface area contributed by atoms with Crippen molar-refractivity contribution in [3.63, 3.8) is 0 Å². The minimum atomic E-state index is -1.31. The van der Waals surface area contributed by atoms with E-state index in [1.165, 1.54) is 6.07 Å². The number of hydrogen-bond acceptors (Lipinski definition) is 3. The summed E-state index contributed by atoms with van der Waals surface area (Å²) >= 11 is 3.38. The van der Waals surface area contributed by atoms with Crippen molar-refractivity contribution in [2.45, 2.75) is 31.4 Å². The molecule has 1 unspecified atom stereocenters. The number of aliphatic hydroxyl groups is 1. The number of hydrogen-bond donors (Lipinski definition) is 1. The quantitative estimate of drug-likeness (QED) is 0.719. The molecule has 27 heavy (non-hydrogen) atoms. The molecular formula is C20H20BrF2NO3. The summed E-state index contributed by atoms with van der Waals surface area (Å²) in [6.45, 7) is 1.93. The number of carbonyl (C=O) groups excluding carboxylic acids is 1. The van der Waals surface area contributed by atoms with E-state index in [2.05, 4.69) is 15.9 Å². The first-order chi connectivity index (χ1) is 12.9. The summed E-state index contributed by atoms with van der Waals surface area (Å²) in [7, 11) is 0. The van der Waals surface area contributed by atoms with Gasteiger partial charge in [-0.1, -0.05) is 28.1 Å². The van der Waals surface area contributed by atoms with Crippen molar-refractivity contribution in [3.8, 4) is 0 Å². The number of nitrogens with zero attached hydrogens (tertiary/aromatic N) is 1. The fourth-order valence-corrected chi connectivity index (χ4v) is 3.75. The van der Waals surface area contributed by atoms with Gasteiger partial charge in [0.1, 0.15) is 17.2 Å². The smallest absolute Gasteiger partial charge is 0.411 e. The van der Waals surface area contributed by atoms with E-state index >= 15 is 0 Å². The average Bonchev–Trinajstić information content (AvgIpc) is 2.62. The number of ether oxygens (including phenoxy) is 1. The summed E-state index contributed by atoms with van der Waals surface area (Å²) in [6, 6.07) is 10.6. The van der Waals surface area contributed by atoms with Gasteiger partial charge in [-0.25, -0.2) is 13.6 Å². The monoisotopic (exact) mass is 439 g/mol. The zero-order valence-corrected chi connectivity index (χ0v) is 16.4. The zero-order valence-electron chi connectivity index (χ0n) is 14.8. The third-order valence-electron chi connectivity index (χ3n) is 5.03. The van der Waals surface area contributed by atoms with Crippen LogP contribution in [0.2, 0.25) is 0 Å². The van der Waals surface area contributed by atoms with Crippen LogP contribution in [-0.4, -0.2) is 29.3 Å². The molecule has 1 aliphatic rings. The highest BCUT2D eigenvalue weighted by Gasteiger charge is 2.44. The molecule has 0 radical (unpaired) electrons. The molecule has 2 atom stereocenters. The molecule has 1 fully saturated rings. The largest absolute Gasteiger partial charge is 0.438 e. The molecule has 1 saturated heterocycles. The Hall–Kier alpha value is -1.99. The van der Waals surface area contributed by atoms with Gasteiger partial charge in [0, 0.05) is 42.1 Å². The van der Waals surface area contributed by atoms with Gasteiger partial charge in [0.05, 0.1) is 6.04 Å². The van der Waals surface area contributed by atoms with Gasteiger partial charge < -0.3 is 14.7 Å². The predicted octanol–water partition coefficient (Wildman–Crippen LogP) is 4.91. The maximum absolute atomic E-state index is 14.4. The first kappa shape index (κ1) is 19.8. The maximum atomic E-state index is 14.4. The van der Waals surface area contributed by atoms with Gasteiger partial charge in [-0.3, -0.25) is 0 Å². The normalized spacial score (nSPS) is 21.1. The van der Waals surface area contributed by atoms with E-state index in [9.17, 15) is 18.7 Å². The van der Waals surface area contributed by atoms with Gasteiger partial charge in [0.2, 0.25) is 0 Å². The lowest BCUT2D eigenvalue weighted by atomic mass is 9.85. The van der Waals surface area contributed by atoms with Crippen LogP contribution in [0.1, 0.15) is 36.9 Å². The van der Waals surface area contributed by atoms with Gasteiger partial charge in [0.25, 0.3) is 0 Å². The lowest BCUT2D eigenvalue weighted by molar-refractivity contribution is -0.0735. The molecule has 3 rings (SSSR count). The van der Waals surface area contributed by atoms with E-state index < -0.39 is 23.3 Å². The zero-order chi connectivity index (χ0) is 19.6. The van der Waals surface area contributed by atoms with Crippen LogP contribution in [0.25, 0.3) is 0 Å². The molecule has 0 spiro atoms. The second-order valence-electron chi connectivity index (χ2n) is 6.63. The van der Waals surface area contributed by atoms with E-state index in [-0.39, 0.29) is 24.6 Å². The van der Waals surface area contributed by atoms with E-state index in [0.29, 0.717) is 13.0 Å². The van der Waals surface area contributed by atoms with Crippen molar-refractivity contribution < 1.29 is 23.4 Å². The Bertz CT molecular complexity index is 830. The molecule has 2 aromatic rings. The highest BCUT2D eigenvalue weighted by molar-refractivity contribution is 9.10. The van der Waals surface area contributed by atoms with Crippen LogP contribution in [0.4, 0.5) is 13.6 Å². The highest BCUT2D eigenvalue weighted by Crippen LogP contribution is 2.40. The van der Waals surface area contributed by atoms with Crippen molar-refractivity contribution in [1.29, 1.82) is 0 Å². The molecule has 0 bridgehead atoms. The van der Waals surface area contributed by atoms with E-state index in [1.54, 1.807) is 4.90 Å². The second-order valence-corrected chi connectivity index (χ2v) is 7.55. The Morgan fingerprint density at radius 3 is 2.56 bits per heavy atom. The lowest BCUT2D eigenvalue weighted by Gasteiger charge is -2.43. The van der Waals surface area contributed by atoms with Crippen LogP contribution in [0, 0.1) is 11.6 Å². The van der Waals surface area contributed by atoms with Gasteiger partial charge in [0.15, 0.2) is 0 Å². The Balaban J connectivity index is 1.86. The minimum absolute atomic E-state index is 0.0434. The first-order valence-electron chi connectivity index (χ1n) is 8.68. The highest BCUT2D eigenvalue weighted by atomic mass is 79.9. The van der Waals surface area contributed by atoms with Gasteiger partial charge in [-0.05, 0) is 36.8 Å². The molecule has 0 saturated carbocycles. The van der Waals surface area contributed by atoms with Crippen LogP contribution in [0.3, 0.4) is 0 Å². The number of rotatable bonds is 5. The van der Waals surface area contributed by atoms with E-state index in [1.807, 2.05) is 31.2 Å². The van der Waals surface area contributed by atoms with Crippen LogP contribution in [-0.2, 0) is 10.3 Å². The molecule has 1 aliphatic heterocycles. The first-order valence-corrected chi connectivity index (χ1v) is 9.47.